The van der Waals surface area contributed by atoms with Gasteiger partial charge in [-0.1, -0.05) is 48.5 Å². The SMILES string of the molecule is COc1ccccc1CCc1c(C)nc(N)nc1N[C@@H](C)c1ccccc1. The molecule has 5 nitrogen and oxygen atoms in total. The van der Waals surface area contributed by atoms with E-state index < -0.39 is 0 Å². The highest BCUT2D eigenvalue weighted by atomic mass is 16.5. The van der Waals surface area contributed by atoms with Gasteiger partial charge in [-0.25, -0.2) is 4.98 Å². The number of hydrogen-bond acceptors (Lipinski definition) is 5. The largest absolute Gasteiger partial charge is 0.496 e. The van der Waals surface area contributed by atoms with Crippen LogP contribution in [0.25, 0.3) is 0 Å². The molecule has 5 heteroatoms. The second kappa shape index (κ2) is 8.54. The van der Waals surface area contributed by atoms with Gasteiger partial charge < -0.3 is 15.8 Å². The first kappa shape index (κ1) is 18.7. The van der Waals surface area contributed by atoms with Crippen LogP contribution < -0.4 is 15.8 Å². The van der Waals surface area contributed by atoms with Gasteiger partial charge in [-0.2, -0.15) is 4.98 Å². The minimum absolute atomic E-state index is 0.116. The zero-order valence-electron chi connectivity index (χ0n) is 16.1. The normalized spacial score (nSPS) is 11.8. The van der Waals surface area contributed by atoms with Crippen LogP contribution in [0.4, 0.5) is 11.8 Å². The van der Waals surface area contributed by atoms with Gasteiger partial charge in [0.05, 0.1) is 7.11 Å². The van der Waals surface area contributed by atoms with Crippen LogP contribution in [0.3, 0.4) is 0 Å². The van der Waals surface area contributed by atoms with Gasteiger partial charge in [0.1, 0.15) is 11.6 Å². The number of nitrogens with two attached hydrogens (primary N) is 1. The number of hydrogen-bond donors (Lipinski definition) is 2. The molecule has 1 aromatic heterocycles. The van der Waals surface area contributed by atoms with E-state index in [2.05, 4.69) is 40.4 Å². The summed E-state index contributed by atoms with van der Waals surface area (Å²) < 4.78 is 5.47. The Kier molecular flexibility index (Phi) is 5.91. The number of para-hydroxylation sites is 1. The van der Waals surface area contributed by atoms with E-state index in [1.54, 1.807) is 7.11 Å². The predicted molar refractivity (Wildman–Crippen MR) is 110 cm³/mol. The summed E-state index contributed by atoms with van der Waals surface area (Å²) in [6, 6.07) is 18.5. The maximum absolute atomic E-state index is 5.91. The molecule has 3 rings (SSSR count). The van der Waals surface area contributed by atoms with Crippen LogP contribution in [-0.4, -0.2) is 17.1 Å². The molecule has 0 unspecified atom stereocenters. The molecule has 1 atom stereocenters. The van der Waals surface area contributed by atoms with Gasteiger partial charge >= 0.3 is 0 Å². The standard InChI is InChI=1S/C22H26N4O/c1-15(17-9-5-4-6-10-17)24-21-19(16(2)25-22(23)26-21)14-13-18-11-7-8-12-20(18)27-3/h4-12,15H,13-14H2,1-3H3,(H3,23,24,25,26)/t15-/m0/s1. The molecule has 0 radical (unpaired) electrons. The number of benzene rings is 2. The lowest BCUT2D eigenvalue weighted by Crippen LogP contribution is -2.14. The number of methoxy groups -OCH3 is 1. The van der Waals surface area contributed by atoms with E-state index in [0.29, 0.717) is 0 Å². The summed E-state index contributed by atoms with van der Waals surface area (Å²) in [5, 5.41) is 3.51. The number of nitrogen functional groups attached to an aromatic ring is 1. The number of aryl methyl sites for hydroxylation is 2. The molecular formula is C22H26N4O. The molecule has 0 aliphatic heterocycles. The Bertz CT molecular complexity index is 896. The minimum Gasteiger partial charge on any atom is -0.496 e. The summed E-state index contributed by atoms with van der Waals surface area (Å²) in [6.07, 6.45) is 1.64. The van der Waals surface area contributed by atoms with Gasteiger partial charge in [-0.3, -0.25) is 0 Å². The lowest BCUT2D eigenvalue weighted by atomic mass is 10.0. The zero-order valence-corrected chi connectivity index (χ0v) is 16.1. The highest BCUT2D eigenvalue weighted by Crippen LogP contribution is 2.26. The van der Waals surface area contributed by atoms with Crippen molar-refractivity contribution in [2.75, 3.05) is 18.2 Å². The van der Waals surface area contributed by atoms with Crippen molar-refractivity contribution in [2.45, 2.75) is 32.7 Å². The van der Waals surface area contributed by atoms with Crippen molar-refractivity contribution in [3.8, 4) is 5.75 Å². The topological polar surface area (TPSA) is 73.1 Å². The average molecular weight is 362 g/mol. The molecule has 3 N–H and O–H groups in total. The lowest BCUT2D eigenvalue weighted by Gasteiger charge is -2.19. The van der Waals surface area contributed by atoms with Crippen LogP contribution in [0.1, 0.15) is 35.3 Å². The first-order valence-corrected chi connectivity index (χ1v) is 9.15. The maximum Gasteiger partial charge on any atom is 0.222 e. The van der Waals surface area contributed by atoms with Crippen LogP contribution >= 0.6 is 0 Å². The molecule has 0 saturated heterocycles. The number of aromatic nitrogens is 2. The van der Waals surface area contributed by atoms with Crippen molar-refractivity contribution in [3.63, 3.8) is 0 Å². The Balaban J connectivity index is 1.84. The Morgan fingerprint density at radius 1 is 1.00 bits per heavy atom. The first-order valence-electron chi connectivity index (χ1n) is 9.15. The highest BCUT2D eigenvalue weighted by molar-refractivity contribution is 5.51. The molecule has 0 aliphatic carbocycles. The number of nitrogens with one attached hydrogen (secondary N) is 1. The fraction of sp³-hybridized carbons (Fsp3) is 0.273. The maximum atomic E-state index is 5.91. The molecule has 0 saturated carbocycles. The molecule has 0 aliphatic rings. The number of anilines is 2. The summed E-state index contributed by atoms with van der Waals surface area (Å²) in [7, 11) is 1.70. The Morgan fingerprint density at radius 2 is 1.70 bits per heavy atom. The molecule has 0 spiro atoms. The number of nitrogens with zero attached hydrogens (tertiary/aromatic N) is 2. The van der Waals surface area contributed by atoms with Crippen LogP contribution in [-0.2, 0) is 12.8 Å². The van der Waals surface area contributed by atoms with E-state index in [4.69, 9.17) is 10.5 Å². The Labute approximate surface area is 160 Å². The number of rotatable bonds is 7. The van der Waals surface area contributed by atoms with E-state index in [-0.39, 0.29) is 12.0 Å². The van der Waals surface area contributed by atoms with Crippen molar-refractivity contribution in [1.82, 2.24) is 9.97 Å². The molecule has 140 valence electrons. The van der Waals surface area contributed by atoms with Gasteiger partial charge in [-0.05, 0) is 43.9 Å². The smallest absolute Gasteiger partial charge is 0.222 e. The van der Waals surface area contributed by atoms with E-state index in [1.807, 2.05) is 43.3 Å². The van der Waals surface area contributed by atoms with Gasteiger partial charge in [-0.15, -0.1) is 0 Å². The van der Waals surface area contributed by atoms with E-state index in [0.717, 1.165) is 35.7 Å². The average Bonchev–Trinajstić information content (AvgIpc) is 2.68. The lowest BCUT2D eigenvalue weighted by molar-refractivity contribution is 0.409. The van der Waals surface area contributed by atoms with Crippen molar-refractivity contribution in [2.24, 2.45) is 0 Å². The third kappa shape index (κ3) is 4.56. The monoisotopic (exact) mass is 362 g/mol. The summed E-state index contributed by atoms with van der Waals surface area (Å²) in [5.41, 5.74) is 10.3. The third-order valence-electron chi connectivity index (χ3n) is 4.72. The van der Waals surface area contributed by atoms with E-state index >= 15 is 0 Å². The highest BCUT2D eigenvalue weighted by Gasteiger charge is 2.15. The summed E-state index contributed by atoms with van der Waals surface area (Å²) >= 11 is 0. The predicted octanol–water partition coefficient (Wildman–Crippen LogP) is 4.33. The summed E-state index contributed by atoms with van der Waals surface area (Å²) in [4.78, 5) is 8.84. The summed E-state index contributed by atoms with van der Waals surface area (Å²) in [5.74, 6) is 1.99. The molecule has 3 aromatic rings. The first-order chi connectivity index (χ1) is 13.1. The minimum atomic E-state index is 0.116. The third-order valence-corrected chi connectivity index (χ3v) is 4.72. The van der Waals surface area contributed by atoms with Crippen LogP contribution in [0.5, 0.6) is 5.75 Å². The van der Waals surface area contributed by atoms with Crippen molar-refractivity contribution in [3.05, 3.63) is 77.0 Å². The Morgan fingerprint density at radius 3 is 2.44 bits per heavy atom. The van der Waals surface area contributed by atoms with Gasteiger partial charge in [0.25, 0.3) is 0 Å². The van der Waals surface area contributed by atoms with Gasteiger partial charge in [0.2, 0.25) is 5.95 Å². The molecule has 0 amide bonds. The van der Waals surface area contributed by atoms with Gasteiger partial charge in [0, 0.05) is 17.3 Å². The quantitative estimate of drug-likeness (QED) is 0.654. The molecule has 0 bridgehead atoms. The summed E-state index contributed by atoms with van der Waals surface area (Å²) in [6.45, 7) is 4.10. The molecule has 0 fully saturated rings. The van der Waals surface area contributed by atoms with Crippen LogP contribution in [0.2, 0.25) is 0 Å². The van der Waals surface area contributed by atoms with Crippen molar-refractivity contribution >= 4 is 11.8 Å². The zero-order chi connectivity index (χ0) is 19.2. The number of ether oxygens (including phenoxy) is 1. The molecule has 27 heavy (non-hydrogen) atoms. The van der Waals surface area contributed by atoms with Crippen LogP contribution in [0.15, 0.2) is 54.6 Å². The molecule has 2 aromatic carbocycles. The second-order valence-corrected chi connectivity index (χ2v) is 6.58. The fourth-order valence-electron chi connectivity index (χ4n) is 3.24. The van der Waals surface area contributed by atoms with Crippen molar-refractivity contribution in [1.29, 1.82) is 0 Å². The fourth-order valence-corrected chi connectivity index (χ4v) is 3.24. The second-order valence-electron chi connectivity index (χ2n) is 6.58. The molecular weight excluding hydrogens is 336 g/mol. The van der Waals surface area contributed by atoms with Crippen molar-refractivity contribution < 1.29 is 4.74 Å². The van der Waals surface area contributed by atoms with Crippen LogP contribution in [0, 0.1) is 6.92 Å². The molecule has 1 heterocycles. The van der Waals surface area contributed by atoms with Gasteiger partial charge in [0.15, 0.2) is 0 Å². The van der Waals surface area contributed by atoms with E-state index in [9.17, 15) is 0 Å². The van der Waals surface area contributed by atoms with E-state index in [1.165, 1.54) is 11.1 Å². The Hall–Kier alpha value is -3.08.